The Morgan fingerprint density at radius 1 is 0.400 bits per heavy atom. The van der Waals surface area contributed by atoms with Gasteiger partial charge in [0.1, 0.15) is 12.0 Å². The largest absolute Gasteiger partial charge is 0.350 e. The lowest BCUT2D eigenvalue weighted by Gasteiger charge is -2.33. The fraction of sp³-hybridized carbons (Fsp3) is 0.0392. The molecule has 8 aromatic carbocycles. The second kappa shape index (κ2) is 14.1. The zero-order valence-electron chi connectivity index (χ0n) is 30.2. The fourth-order valence-corrected chi connectivity index (χ4v) is 7.96. The molecule has 0 saturated heterocycles. The van der Waals surface area contributed by atoms with Crippen molar-refractivity contribution in [2.75, 3.05) is 0 Å². The van der Waals surface area contributed by atoms with Crippen molar-refractivity contribution in [1.29, 1.82) is 0 Å². The first-order chi connectivity index (χ1) is 27.3. The lowest BCUT2D eigenvalue weighted by Crippen LogP contribution is -2.46. The third kappa shape index (κ3) is 6.19. The van der Waals surface area contributed by atoms with Crippen molar-refractivity contribution in [2.24, 2.45) is 4.99 Å². The predicted octanol–water partition coefficient (Wildman–Crippen LogP) is 12.3. The molecule has 2 unspecified atom stereocenters. The van der Waals surface area contributed by atoms with Crippen molar-refractivity contribution in [1.82, 2.24) is 15.2 Å². The van der Waals surface area contributed by atoms with E-state index in [0.29, 0.717) is 0 Å². The summed E-state index contributed by atoms with van der Waals surface area (Å²) in [6, 6.07) is 73.5. The van der Waals surface area contributed by atoms with E-state index in [0.717, 1.165) is 33.6 Å². The van der Waals surface area contributed by atoms with E-state index < -0.39 is 6.29 Å². The molecule has 9 aromatic rings. The van der Waals surface area contributed by atoms with Gasteiger partial charge in [-0.1, -0.05) is 188 Å². The van der Waals surface area contributed by atoms with Crippen LogP contribution in [0.1, 0.15) is 23.6 Å². The van der Waals surface area contributed by atoms with Gasteiger partial charge in [-0.15, -0.1) is 0 Å². The van der Waals surface area contributed by atoms with Gasteiger partial charge in [0.25, 0.3) is 0 Å². The second-order valence-corrected chi connectivity index (χ2v) is 14.1. The van der Waals surface area contributed by atoms with Crippen LogP contribution in [0.4, 0.5) is 0 Å². The first-order valence-electron chi connectivity index (χ1n) is 18.9. The molecule has 10 rings (SSSR count). The normalized spacial score (nSPS) is 15.5. The number of nitrogens with zero attached hydrogens (tertiary/aromatic N) is 2. The number of benzene rings is 8. The van der Waals surface area contributed by atoms with E-state index in [1.54, 1.807) is 0 Å². The molecule has 2 heterocycles. The van der Waals surface area contributed by atoms with Gasteiger partial charge in [-0.05, 0) is 62.7 Å². The van der Waals surface area contributed by atoms with Crippen LogP contribution in [0.25, 0.3) is 66.3 Å². The molecule has 1 aliphatic heterocycles. The van der Waals surface area contributed by atoms with Gasteiger partial charge < -0.3 is 9.88 Å². The average molecular weight is 707 g/mol. The summed E-state index contributed by atoms with van der Waals surface area (Å²) in [6.45, 7) is 0. The van der Waals surface area contributed by atoms with Gasteiger partial charge >= 0.3 is 0 Å². The molecular weight excluding hydrogens is 669 g/mol. The van der Waals surface area contributed by atoms with Crippen LogP contribution < -0.4 is 10.6 Å². The molecule has 0 spiro atoms. The minimum atomic E-state index is -0.420. The summed E-state index contributed by atoms with van der Waals surface area (Å²) >= 11 is 0. The first kappa shape index (κ1) is 32.6. The van der Waals surface area contributed by atoms with Crippen LogP contribution >= 0.6 is 0 Å². The molecule has 1 aliphatic rings. The SMILES string of the molecule is c1ccc(-c2ccc(C3=NC(n4c5ccccc5c5cc(-c6ccccc6)cc(-c6ccccc6)c54)NC(c4ccc(-c5ccccc5)cc4)N3)cc2)cc1. The van der Waals surface area contributed by atoms with Crippen molar-refractivity contribution in [2.45, 2.75) is 12.5 Å². The molecule has 0 radical (unpaired) electrons. The zero-order valence-corrected chi connectivity index (χ0v) is 30.2. The predicted molar refractivity (Wildman–Crippen MR) is 229 cm³/mol. The number of nitrogens with one attached hydrogen (secondary N) is 2. The van der Waals surface area contributed by atoms with Crippen LogP contribution in [-0.4, -0.2) is 10.4 Å². The highest BCUT2D eigenvalue weighted by Crippen LogP contribution is 2.42. The average Bonchev–Trinajstić information content (AvgIpc) is 3.62. The van der Waals surface area contributed by atoms with E-state index in [1.165, 1.54) is 49.7 Å². The summed E-state index contributed by atoms with van der Waals surface area (Å²) < 4.78 is 2.41. The number of fused-ring (bicyclic) bond motifs is 3. The molecule has 2 atom stereocenters. The summed E-state index contributed by atoms with van der Waals surface area (Å²) in [5, 5.41) is 10.1. The third-order valence-electron chi connectivity index (χ3n) is 10.7. The summed E-state index contributed by atoms with van der Waals surface area (Å²) in [7, 11) is 0. The van der Waals surface area contributed by atoms with Crippen LogP contribution in [-0.2, 0) is 0 Å². The van der Waals surface area contributed by atoms with E-state index in [2.05, 4.69) is 221 Å². The van der Waals surface area contributed by atoms with E-state index in [9.17, 15) is 0 Å². The molecule has 0 fully saturated rings. The number of rotatable bonds is 7. The van der Waals surface area contributed by atoms with Crippen molar-refractivity contribution in [3.63, 3.8) is 0 Å². The molecule has 2 N–H and O–H groups in total. The van der Waals surface area contributed by atoms with Gasteiger partial charge in [0.2, 0.25) is 0 Å². The van der Waals surface area contributed by atoms with E-state index in [4.69, 9.17) is 4.99 Å². The summed E-state index contributed by atoms with van der Waals surface area (Å²) in [6.07, 6.45) is -0.632. The maximum atomic E-state index is 5.51. The molecule has 55 heavy (non-hydrogen) atoms. The maximum absolute atomic E-state index is 5.51. The number of para-hydroxylation sites is 1. The number of aliphatic imine (C=N–C) groups is 1. The van der Waals surface area contributed by atoms with E-state index >= 15 is 0 Å². The summed E-state index contributed by atoms with van der Waals surface area (Å²) in [5.74, 6) is 0.841. The quantitative estimate of drug-likeness (QED) is 0.173. The van der Waals surface area contributed by atoms with Crippen LogP contribution in [0.3, 0.4) is 0 Å². The minimum Gasteiger partial charge on any atom is -0.350 e. The second-order valence-electron chi connectivity index (χ2n) is 14.1. The van der Waals surface area contributed by atoms with Crippen LogP contribution in [0, 0.1) is 0 Å². The number of amidine groups is 1. The Hall–Kier alpha value is -7.01. The molecule has 0 saturated carbocycles. The Labute approximate surface area is 321 Å². The zero-order chi connectivity index (χ0) is 36.6. The smallest absolute Gasteiger partial charge is 0.184 e. The summed E-state index contributed by atoms with van der Waals surface area (Å²) in [4.78, 5) is 5.51. The van der Waals surface area contributed by atoms with Crippen LogP contribution in [0.2, 0.25) is 0 Å². The van der Waals surface area contributed by atoms with Crippen molar-refractivity contribution in [3.05, 3.63) is 217 Å². The minimum absolute atomic E-state index is 0.212. The molecule has 4 heteroatoms. The van der Waals surface area contributed by atoms with Crippen molar-refractivity contribution >= 4 is 27.6 Å². The highest BCUT2D eigenvalue weighted by molar-refractivity contribution is 6.14. The van der Waals surface area contributed by atoms with Gasteiger partial charge in [-0.25, -0.2) is 4.99 Å². The first-order valence-corrected chi connectivity index (χ1v) is 18.9. The van der Waals surface area contributed by atoms with E-state index in [1.807, 2.05) is 0 Å². The van der Waals surface area contributed by atoms with Gasteiger partial charge in [0, 0.05) is 21.9 Å². The highest BCUT2D eigenvalue weighted by atomic mass is 15.4. The Bertz CT molecular complexity index is 2770. The Balaban J connectivity index is 1.16. The fourth-order valence-electron chi connectivity index (χ4n) is 7.96. The number of hydrogen-bond acceptors (Lipinski definition) is 3. The number of aromatic nitrogens is 1. The molecule has 262 valence electrons. The van der Waals surface area contributed by atoms with Crippen molar-refractivity contribution < 1.29 is 0 Å². The maximum Gasteiger partial charge on any atom is 0.184 e. The highest BCUT2D eigenvalue weighted by Gasteiger charge is 2.29. The summed E-state index contributed by atoms with van der Waals surface area (Å²) in [5.41, 5.74) is 13.9. The van der Waals surface area contributed by atoms with Gasteiger partial charge in [-0.2, -0.15) is 0 Å². The molecular formula is C51H38N4. The van der Waals surface area contributed by atoms with Gasteiger partial charge in [0.05, 0.1) is 11.0 Å². The molecule has 4 nitrogen and oxygen atoms in total. The van der Waals surface area contributed by atoms with Gasteiger partial charge in [0.15, 0.2) is 6.29 Å². The van der Waals surface area contributed by atoms with Crippen LogP contribution in [0.5, 0.6) is 0 Å². The lowest BCUT2D eigenvalue weighted by molar-refractivity contribution is 0.341. The Morgan fingerprint density at radius 2 is 0.873 bits per heavy atom. The molecule has 1 aromatic heterocycles. The Kier molecular flexibility index (Phi) is 8.36. The molecule has 0 aliphatic carbocycles. The Morgan fingerprint density at radius 3 is 1.47 bits per heavy atom. The van der Waals surface area contributed by atoms with Crippen molar-refractivity contribution in [3.8, 4) is 44.5 Å². The molecule has 0 bridgehead atoms. The third-order valence-corrected chi connectivity index (χ3v) is 10.7. The monoisotopic (exact) mass is 706 g/mol. The topological polar surface area (TPSA) is 41.4 Å². The van der Waals surface area contributed by atoms with Gasteiger partial charge in [-0.3, -0.25) is 5.32 Å². The van der Waals surface area contributed by atoms with Crippen LogP contribution in [0.15, 0.2) is 211 Å². The number of hydrogen-bond donors (Lipinski definition) is 2. The lowest BCUT2D eigenvalue weighted by atomic mass is 9.95. The van der Waals surface area contributed by atoms with E-state index in [-0.39, 0.29) is 6.17 Å². The standard InChI is InChI=1S/C51H38N4/c1-5-15-35(16-6-1)38-25-29-41(30-26-38)49-52-50(42-31-27-39(28-32-42)36-17-7-2-8-18-36)54-51(53-49)55-47-24-14-13-23-44(47)46-34-43(37-19-9-3-10-20-37)33-45(48(46)55)40-21-11-4-12-22-40/h1-34,49,51,53H,(H,52,54). The molecule has 0 amide bonds.